The third-order valence-corrected chi connectivity index (χ3v) is 2.23. The molecule has 1 N–H and O–H groups in total. The highest BCUT2D eigenvalue weighted by atomic mass is 16.4. The van der Waals surface area contributed by atoms with E-state index in [1.807, 2.05) is 18.2 Å². The van der Waals surface area contributed by atoms with E-state index in [1.165, 1.54) is 0 Å². The number of phenolic OH excluding ortho intramolecular Hbond substituents is 1. The van der Waals surface area contributed by atoms with E-state index >= 15 is 0 Å². The summed E-state index contributed by atoms with van der Waals surface area (Å²) in [6.07, 6.45) is 1.71. The number of pyridine rings is 1. The summed E-state index contributed by atoms with van der Waals surface area (Å²) in [7, 11) is 0. The van der Waals surface area contributed by atoms with Crippen molar-refractivity contribution in [2.45, 2.75) is 0 Å². The molecule has 0 fully saturated rings. The fourth-order valence-corrected chi connectivity index (χ4v) is 1.60. The molecule has 3 heteroatoms. The fourth-order valence-electron chi connectivity index (χ4n) is 1.60. The maximum absolute atomic E-state index is 9.55. The average Bonchev–Trinajstić information content (AvgIpc) is 2.59. The number of rotatable bonds is 0. The van der Waals surface area contributed by atoms with Gasteiger partial charge in [-0.15, -0.1) is 0 Å². The second-order valence-electron chi connectivity index (χ2n) is 3.11. The van der Waals surface area contributed by atoms with E-state index in [-0.39, 0.29) is 5.75 Å². The lowest BCUT2D eigenvalue weighted by molar-refractivity contribution is 0.469. The summed E-state index contributed by atoms with van der Waals surface area (Å²) in [5.74, 6) is 0.153. The van der Waals surface area contributed by atoms with Crippen molar-refractivity contribution in [1.82, 2.24) is 4.98 Å². The van der Waals surface area contributed by atoms with Crippen molar-refractivity contribution in [3.8, 4) is 5.75 Å². The molecule has 0 aliphatic heterocycles. The molecule has 0 atom stereocenters. The standard InChI is InChI=1S/C11H7NO2/c13-8-4-1-3-7-10-9(14-11(7)8)5-2-6-12-10/h1-6,13H. The van der Waals surface area contributed by atoms with Crippen LogP contribution in [0.2, 0.25) is 0 Å². The van der Waals surface area contributed by atoms with Crippen molar-refractivity contribution < 1.29 is 9.52 Å². The van der Waals surface area contributed by atoms with Crippen LogP contribution in [0.1, 0.15) is 0 Å². The molecule has 2 aromatic heterocycles. The number of aromatic nitrogens is 1. The Labute approximate surface area is 79.6 Å². The van der Waals surface area contributed by atoms with Gasteiger partial charge in [-0.2, -0.15) is 0 Å². The molecule has 0 amide bonds. The molecule has 3 aromatic rings. The van der Waals surface area contributed by atoms with Crippen LogP contribution in [0, 0.1) is 0 Å². The summed E-state index contributed by atoms with van der Waals surface area (Å²) in [6, 6.07) is 8.91. The van der Waals surface area contributed by atoms with Crippen molar-refractivity contribution in [2.24, 2.45) is 0 Å². The van der Waals surface area contributed by atoms with Crippen LogP contribution in [0.4, 0.5) is 0 Å². The van der Waals surface area contributed by atoms with Gasteiger partial charge in [-0.3, -0.25) is 4.98 Å². The predicted molar refractivity (Wildman–Crippen MR) is 53.2 cm³/mol. The van der Waals surface area contributed by atoms with Crippen molar-refractivity contribution >= 4 is 22.1 Å². The van der Waals surface area contributed by atoms with Crippen LogP contribution in [0.3, 0.4) is 0 Å². The molecule has 1 aromatic carbocycles. The molecule has 0 saturated carbocycles. The van der Waals surface area contributed by atoms with E-state index in [4.69, 9.17) is 4.42 Å². The number of hydrogen-bond donors (Lipinski definition) is 1. The Hall–Kier alpha value is -2.03. The van der Waals surface area contributed by atoms with Crippen LogP contribution in [-0.2, 0) is 0 Å². The molecule has 3 rings (SSSR count). The van der Waals surface area contributed by atoms with Crippen LogP contribution in [0.5, 0.6) is 5.75 Å². The van der Waals surface area contributed by atoms with Crippen LogP contribution >= 0.6 is 0 Å². The second-order valence-corrected chi connectivity index (χ2v) is 3.11. The van der Waals surface area contributed by atoms with Gasteiger partial charge < -0.3 is 9.52 Å². The van der Waals surface area contributed by atoms with Crippen molar-refractivity contribution in [2.75, 3.05) is 0 Å². The molecule has 0 saturated heterocycles. The van der Waals surface area contributed by atoms with Gasteiger partial charge in [0, 0.05) is 6.20 Å². The molecule has 0 radical (unpaired) electrons. The van der Waals surface area contributed by atoms with E-state index in [2.05, 4.69) is 4.98 Å². The normalized spacial score (nSPS) is 11.1. The number of aromatic hydroxyl groups is 1. The minimum atomic E-state index is 0.153. The topological polar surface area (TPSA) is 46.3 Å². The summed E-state index contributed by atoms with van der Waals surface area (Å²) < 4.78 is 5.47. The van der Waals surface area contributed by atoms with Crippen LogP contribution < -0.4 is 0 Å². The third kappa shape index (κ3) is 0.836. The van der Waals surface area contributed by atoms with E-state index in [0.717, 1.165) is 10.9 Å². The first kappa shape index (κ1) is 7.38. The number of phenols is 1. The van der Waals surface area contributed by atoms with E-state index < -0.39 is 0 Å². The quantitative estimate of drug-likeness (QED) is 0.585. The molecular weight excluding hydrogens is 178 g/mol. The zero-order valence-corrected chi connectivity index (χ0v) is 7.27. The smallest absolute Gasteiger partial charge is 0.178 e. The van der Waals surface area contributed by atoms with Crippen LogP contribution in [0.15, 0.2) is 40.9 Å². The fraction of sp³-hybridized carbons (Fsp3) is 0. The monoisotopic (exact) mass is 185 g/mol. The highest BCUT2D eigenvalue weighted by Gasteiger charge is 2.09. The lowest BCUT2D eigenvalue weighted by Gasteiger charge is -1.90. The lowest BCUT2D eigenvalue weighted by atomic mass is 10.2. The van der Waals surface area contributed by atoms with Gasteiger partial charge in [0.2, 0.25) is 0 Å². The summed E-state index contributed by atoms with van der Waals surface area (Å²) in [6.45, 7) is 0. The first-order chi connectivity index (χ1) is 6.86. The lowest BCUT2D eigenvalue weighted by Crippen LogP contribution is -1.70. The molecule has 0 spiro atoms. The van der Waals surface area contributed by atoms with Gasteiger partial charge in [0.15, 0.2) is 16.9 Å². The number of nitrogens with zero attached hydrogens (tertiary/aromatic N) is 1. The minimum Gasteiger partial charge on any atom is -0.504 e. The maximum atomic E-state index is 9.55. The molecule has 0 unspecified atom stereocenters. The summed E-state index contributed by atoms with van der Waals surface area (Å²) >= 11 is 0. The molecule has 68 valence electrons. The van der Waals surface area contributed by atoms with Gasteiger partial charge in [-0.25, -0.2) is 0 Å². The molecule has 0 bridgehead atoms. The van der Waals surface area contributed by atoms with Crippen molar-refractivity contribution in [3.63, 3.8) is 0 Å². The Morgan fingerprint density at radius 3 is 3.00 bits per heavy atom. The Morgan fingerprint density at radius 1 is 1.14 bits per heavy atom. The van der Waals surface area contributed by atoms with Crippen LogP contribution in [-0.4, -0.2) is 10.1 Å². The van der Waals surface area contributed by atoms with Crippen molar-refractivity contribution in [3.05, 3.63) is 36.5 Å². The van der Waals surface area contributed by atoms with Gasteiger partial charge in [0.05, 0.1) is 5.39 Å². The number of para-hydroxylation sites is 1. The van der Waals surface area contributed by atoms with Gasteiger partial charge in [0.1, 0.15) is 5.52 Å². The van der Waals surface area contributed by atoms with Crippen molar-refractivity contribution in [1.29, 1.82) is 0 Å². The summed E-state index contributed by atoms with van der Waals surface area (Å²) in [5, 5.41) is 10.4. The molecule has 14 heavy (non-hydrogen) atoms. The third-order valence-electron chi connectivity index (χ3n) is 2.23. The largest absolute Gasteiger partial charge is 0.504 e. The maximum Gasteiger partial charge on any atom is 0.178 e. The Morgan fingerprint density at radius 2 is 2.07 bits per heavy atom. The number of benzene rings is 1. The zero-order chi connectivity index (χ0) is 9.54. The minimum absolute atomic E-state index is 0.153. The number of fused-ring (bicyclic) bond motifs is 3. The molecular formula is C11H7NO2. The highest BCUT2D eigenvalue weighted by molar-refractivity contribution is 6.04. The van der Waals surface area contributed by atoms with Gasteiger partial charge >= 0.3 is 0 Å². The molecule has 0 aliphatic rings. The number of hydrogen-bond acceptors (Lipinski definition) is 3. The highest BCUT2D eigenvalue weighted by Crippen LogP contribution is 2.32. The molecule has 0 aliphatic carbocycles. The van der Waals surface area contributed by atoms with E-state index in [9.17, 15) is 5.11 Å². The zero-order valence-electron chi connectivity index (χ0n) is 7.27. The van der Waals surface area contributed by atoms with Gasteiger partial charge in [-0.05, 0) is 24.3 Å². The van der Waals surface area contributed by atoms with E-state index in [0.29, 0.717) is 11.2 Å². The van der Waals surface area contributed by atoms with Crippen LogP contribution in [0.25, 0.3) is 22.1 Å². The Balaban J connectivity index is 2.63. The summed E-state index contributed by atoms with van der Waals surface area (Å²) in [4.78, 5) is 4.21. The molecule has 2 heterocycles. The Kier molecular flexibility index (Phi) is 1.31. The Bertz CT molecular complexity index is 613. The summed E-state index contributed by atoms with van der Waals surface area (Å²) in [5.41, 5.74) is 1.99. The first-order valence-electron chi connectivity index (χ1n) is 4.31. The van der Waals surface area contributed by atoms with Gasteiger partial charge in [0.25, 0.3) is 0 Å². The predicted octanol–water partition coefficient (Wildman–Crippen LogP) is 2.69. The SMILES string of the molecule is Oc1cccc2c1oc1cccnc12. The first-order valence-corrected chi connectivity index (χ1v) is 4.31. The second kappa shape index (κ2) is 2.48. The number of furan rings is 1. The van der Waals surface area contributed by atoms with Gasteiger partial charge in [-0.1, -0.05) is 6.07 Å². The average molecular weight is 185 g/mol. The van der Waals surface area contributed by atoms with E-state index in [1.54, 1.807) is 18.3 Å². The molecule has 3 nitrogen and oxygen atoms in total.